The second kappa shape index (κ2) is 7.18. The molecule has 0 aliphatic carbocycles. The summed E-state index contributed by atoms with van der Waals surface area (Å²) in [5.74, 6) is 0.565. The van der Waals surface area contributed by atoms with Crippen LogP contribution in [0.3, 0.4) is 0 Å². The molecule has 1 atom stereocenters. The van der Waals surface area contributed by atoms with Crippen molar-refractivity contribution < 1.29 is 9.53 Å². The van der Waals surface area contributed by atoms with Crippen LogP contribution < -0.4 is 5.73 Å². The molecule has 1 amide bonds. The number of rotatable bonds is 4. The minimum Gasteiger partial charge on any atom is -0.382 e. The molecule has 8 nitrogen and oxygen atoms in total. The standard InChI is InChI=1S/C17H24N6O2/c1-4-23-13(9-12(21-23)11(2)3)17(24)22-7-8-25-14(10-22)15-16(18)20-6-5-19-15/h5-6,9,11,14H,4,7-8,10H2,1-3H3,(H2,18,20)/t14-/m1/s1. The van der Waals surface area contributed by atoms with E-state index in [1.54, 1.807) is 15.8 Å². The van der Waals surface area contributed by atoms with Crippen molar-refractivity contribution in [1.82, 2.24) is 24.6 Å². The van der Waals surface area contributed by atoms with Gasteiger partial charge in [0.1, 0.15) is 23.3 Å². The van der Waals surface area contributed by atoms with Crippen molar-refractivity contribution in [2.24, 2.45) is 0 Å². The first kappa shape index (κ1) is 17.3. The van der Waals surface area contributed by atoms with Crippen molar-refractivity contribution in [3.63, 3.8) is 0 Å². The van der Waals surface area contributed by atoms with Gasteiger partial charge in [-0.25, -0.2) is 4.98 Å². The Hall–Kier alpha value is -2.48. The highest BCUT2D eigenvalue weighted by Crippen LogP contribution is 2.25. The number of aryl methyl sites for hydroxylation is 1. The lowest BCUT2D eigenvalue weighted by molar-refractivity contribution is -0.0248. The zero-order valence-corrected chi connectivity index (χ0v) is 14.8. The topological polar surface area (TPSA) is 99.2 Å². The van der Waals surface area contributed by atoms with Crippen LogP contribution >= 0.6 is 0 Å². The van der Waals surface area contributed by atoms with Gasteiger partial charge < -0.3 is 15.4 Å². The number of carbonyl (C=O) groups excluding carboxylic acids is 1. The van der Waals surface area contributed by atoms with Crippen molar-refractivity contribution in [3.8, 4) is 0 Å². The van der Waals surface area contributed by atoms with Crippen LogP contribution in [0.25, 0.3) is 0 Å². The first-order valence-electron chi connectivity index (χ1n) is 8.56. The Morgan fingerprint density at radius 2 is 2.16 bits per heavy atom. The molecule has 0 saturated carbocycles. The maximum Gasteiger partial charge on any atom is 0.272 e. The summed E-state index contributed by atoms with van der Waals surface area (Å²) < 4.78 is 7.53. The second-order valence-electron chi connectivity index (χ2n) is 6.36. The zero-order valence-electron chi connectivity index (χ0n) is 14.8. The molecule has 25 heavy (non-hydrogen) atoms. The van der Waals surface area contributed by atoms with E-state index < -0.39 is 0 Å². The summed E-state index contributed by atoms with van der Waals surface area (Å²) in [6, 6.07) is 1.89. The Bertz CT molecular complexity index is 757. The average Bonchev–Trinajstić information content (AvgIpc) is 3.06. The van der Waals surface area contributed by atoms with E-state index in [1.165, 1.54) is 6.20 Å². The van der Waals surface area contributed by atoms with Gasteiger partial charge in [-0.15, -0.1) is 0 Å². The van der Waals surface area contributed by atoms with Gasteiger partial charge in [0.2, 0.25) is 0 Å². The minimum atomic E-state index is -0.367. The van der Waals surface area contributed by atoms with Crippen LogP contribution in [0.2, 0.25) is 0 Å². The molecule has 2 aromatic heterocycles. The van der Waals surface area contributed by atoms with E-state index in [4.69, 9.17) is 10.5 Å². The van der Waals surface area contributed by atoms with Crippen molar-refractivity contribution in [2.75, 3.05) is 25.4 Å². The number of amides is 1. The highest BCUT2D eigenvalue weighted by molar-refractivity contribution is 5.92. The molecule has 0 unspecified atom stereocenters. The van der Waals surface area contributed by atoms with Crippen LogP contribution in [0.1, 0.15) is 54.7 Å². The van der Waals surface area contributed by atoms with Crippen LogP contribution in [0.4, 0.5) is 5.82 Å². The number of nitrogen functional groups attached to an aromatic ring is 1. The van der Waals surface area contributed by atoms with E-state index in [2.05, 4.69) is 28.9 Å². The SMILES string of the molecule is CCn1nc(C(C)C)cc1C(=O)N1CCO[C@@H](c2nccnc2N)C1. The van der Waals surface area contributed by atoms with Gasteiger partial charge in [0.05, 0.1) is 18.8 Å². The largest absolute Gasteiger partial charge is 0.382 e. The third kappa shape index (κ3) is 3.48. The van der Waals surface area contributed by atoms with Gasteiger partial charge in [0, 0.05) is 25.5 Å². The number of aromatic nitrogens is 4. The lowest BCUT2D eigenvalue weighted by atomic mass is 10.1. The Labute approximate surface area is 147 Å². The van der Waals surface area contributed by atoms with Gasteiger partial charge in [-0.3, -0.25) is 14.5 Å². The molecule has 0 radical (unpaired) electrons. The maximum absolute atomic E-state index is 13.0. The fourth-order valence-electron chi connectivity index (χ4n) is 2.90. The molecule has 1 aliphatic heterocycles. The van der Waals surface area contributed by atoms with Crippen LogP contribution in [0.5, 0.6) is 0 Å². The van der Waals surface area contributed by atoms with Gasteiger partial charge in [0.15, 0.2) is 0 Å². The van der Waals surface area contributed by atoms with Crippen LogP contribution in [-0.2, 0) is 11.3 Å². The number of carbonyl (C=O) groups is 1. The number of nitrogens with zero attached hydrogens (tertiary/aromatic N) is 5. The smallest absolute Gasteiger partial charge is 0.272 e. The van der Waals surface area contributed by atoms with Gasteiger partial charge in [-0.05, 0) is 18.9 Å². The number of anilines is 1. The van der Waals surface area contributed by atoms with Gasteiger partial charge >= 0.3 is 0 Å². The maximum atomic E-state index is 13.0. The Balaban J connectivity index is 1.82. The van der Waals surface area contributed by atoms with Gasteiger partial charge in [-0.1, -0.05) is 13.8 Å². The van der Waals surface area contributed by atoms with Gasteiger partial charge in [-0.2, -0.15) is 5.10 Å². The zero-order chi connectivity index (χ0) is 18.0. The molecule has 8 heteroatoms. The predicted octanol–water partition coefficient (Wildman–Crippen LogP) is 1.61. The monoisotopic (exact) mass is 344 g/mol. The number of hydrogen-bond acceptors (Lipinski definition) is 6. The normalized spacial score (nSPS) is 17.9. The molecule has 0 aromatic carbocycles. The number of morpholine rings is 1. The predicted molar refractivity (Wildman–Crippen MR) is 93.0 cm³/mol. The average molecular weight is 344 g/mol. The summed E-state index contributed by atoms with van der Waals surface area (Å²) in [5, 5.41) is 4.53. The van der Waals surface area contributed by atoms with Gasteiger partial charge in [0.25, 0.3) is 5.91 Å². The molecule has 2 N–H and O–H groups in total. The minimum absolute atomic E-state index is 0.0444. The molecule has 134 valence electrons. The molecule has 2 aromatic rings. The summed E-state index contributed by atoms with van der Waals surface area (Å²) in [7, 11) is 0. The van der Waals surface area contributed by atoms with Crippen molar-refractivity contribution in [1.29, 1.82) is 0 Å². The van der Waals surface area contributed by atoms with Crippen LogP contribution in [0, 0.1) is 0 Å². The van der Waals surface area contributed by atoms with Crippen molar-refractivity contribution in [3.05, 3.63) is 35.5 Å². The Morgan fingerprint density at radius 1 is 1.40 bits per heavy atom. The summed E-state index contributed by atoms with van der Waals surface area (Å²) in [5.41, 5.74) is 8.01. The van der Waals surface area contributed by atoms with E-state index in [-0.39, 0.29) is 17.9 Å². The molecule has 1 aliphatic rings. The molecule has 1 saturated heterocycles. The first-order valence-corrected chi connectivity index (χ1v) is 8.56. The first-order chi connectivity index (χ1) is 12.0. The van der Waals surface area contributed by atoms with E-state index in [0.717, 1.165) is 5.69 Å². The van der Waals surface area contributed by atoms with Crippen LogP contribution in [-0.4, -0.2) is 50.3 Å². The highest BCUT2D eigenvalue weighted by atomic mass is 16.5. The van der Waals surface area contributed by atoms with Crippen molar-refractivity contribution in [2.45, 2.75) is 39.3 Å². The molecule has 1 fully saturated rings. The summed E-state index contributed by atoms with van der Waals surface area (Å²) >= 11 is 0. The fraction of sp³-hybridized carbons (Fsp3) is 0.529. The van der Waals surface area contributed by atoms with E-state index >= 15 is 0 Å². The molecular formula is C17H24N6O2. The summed E-state index contributed by atoms with van der Waals surface area (Å²) in [6.45, 7) is 8.13. The lowest BCUT2D eigenvalue weighted by Gasteiger charge is -2.32. The number of ether oxygens (including phenoxy) is 1. The molecule has 0 spiro atoms. The third-order valence-electron chi connectivity index (χ3n) is 4.32. The van der Waals surface area contributed by atoms with E-state index in [1.807, 2.05) is 13.0 Å². The third-order valence-corrected chi connectivity index (χ3v) is 4.32. The Morgan fingerprint density at radius 3 is 2.84 bits per heavy atom. The van der Waals surface area contributed by atoms with E-state index in [0.29, 0.717) is 43.4 Å². The fourth-order valence-corrected chi connectivity index (χ4v) is 2.90. The molecule has 0 bridgehead atoms. The van der Waals surface area contributed by atoms with Crippen LogP contribution in [0.15, 0.2) is 18.5 Å². The Kier molecular flexibility index (Phi) is 4.98. The number of nitrogens with two attached hydrogens (primary N) is 1. The molecule has 3 heterocycles. The summed E-state index contributed by atoms with van der Waals surface area (Å²) in [4.78, 5) is 23.1. The second-order valence-corrected chi connectivity index (χ2v) is 6.36. The van der Waals surface area contributed by atoms with Crippen molar-refractivity contribution >= 4 is 11.7 Å². The molecule has 3 rings (SSSR count). The van der Waals surface area contributed by atoms with E-state index in [9.17, 15) is 4.79 Å². The number of hydrogen-bond donors (Lipinski definition) is 1. The summed E-state index contributed by atoms with van der Waals surface area (Å²) in [6.07, 6.45) is 2.75. The lowest BCUT2D eigenvalue weighted by Crippen LogP contribution is -2.43. The molecular weight excluding hydrogens is 320 g/mol. The highest BCUT2D eigenvalue weighted by Gasteiger charge is 2.30. The quantitative estimate of drug-likeness (QED) is 0.905.